The summed E-state index contributed by atoms with van der Waals surface area (Å²) in [6.07, 6.45) is 0.421. The fraction of sp³-hybridized carbons (Fsp3) is 0.192. The first-order valence-corrected chi connectivity index (χ1v) is 12.8. The first kappa shape index (κ1) is 28.0. The van der Waals surface area contributed by atoms with Gasteiger partial charge in [-0.2, -0.15) is 5.10 Å². The van der Waals surface area contributed by atoms with Gasteiger partial charge in [0.2, 0.25) is 0 Å². The Morgan fingerprint density at radius 2 is 1.66 bits per heavy atom. The normalized spacial score (nSPS) is 11.0. The predicted molar refractivity (Wildman–Crippen MR) is 140 cm³/mol. The van der Waals surface area contributed by atoms with Crippen LogP contribution >= 0.6 is 0 Å². The summed E-state index contributed by atoms with van der Waals surface area (Å²) in [5, 5.41) is 3.92. The third-order valence-corrected chi connectivity index (χ3v) is 6.78. The van der Waals surface area contributed by atoms with Crippen LogP contribution in [-0.4, -0.2) is 54.1 Å². The molecule has 0 radical (unpaired) electrons. The maximum atomic E-state index is 13.5. The Balaban J connectivity index is 1.82. The second-order valence-corrected chi connectivity index (χ2v) is 9.35. The fourth-order valence-electron chi connectivity index (χ4n) is 3.28. The van der Waals surface area contributed by atoms with Gasteiger partial charge in [0.25, 0.3) is 15.9 Å². The van der Waals surface area contributed by atoms with Crippen LogP contribution < -0.4 is 23.9 Å². The van der Waals surface area contributed by atoms with E-state index in [2.05, 4.69) is 15.3 Å². The van der Waals surface area contributed by atoms with E-state index in [4.69, 9.17) is 14.2 Å². The van der Waals surface area contributed by atoms with Crippen molar-refractivity contribution in [1.82, 2.24) is 5.43 Å². The molecule has 3 rings (SSSR count). The molecule has 11 nitrogen and oxygen atoms in total. The molecule has 1 amide bonds. The van der Waals surface area contributed by atoms with Crippen LogP contribution in [0.2, 0.25) is 0 Å². The Morgan fingerprint density at radius 1 is 0.947 bits per heavy atom. The highest BCUT2D eigenvalue weighted by atomic mass is 32.2. The quantitative estimate of drug-likeness (QED) is 0.169. The molecule has 0 aromatic heterocycles. The highest BCUT2D eigenvalue weighted by molar-refractivity contribution is 7.92. The van der Waals surface area contributed by atoms with E-state index >= 15 is 0 Å². The van der Waals surface area contributed by atoms with Crippen LogP contribution in [0.4, 0.5) is 10.5 Å². The minimum Gasteiger partial charge on any atom is -0.493 e. The molecule has 0 heterocycles. The molecule has 0 aliphatic carbocycles. The number of hydrogen-bond acceptors (Lipinski definition) is 9. The van der Waals surface area contributed by atoms with Crippen LogP contribution in [0.5, 0.6) is 17.2 Å². The zero-order chi connectivity index (χ0) is 27.5. The fourth-order valence-corrected chi connectivity index (χ4v) is 4.74. The van der Waals surface area contributed by atoms with Crippen LogP contribution in [0, 0.1) is 0 Å². The minimum absolute atomic E-state index is 0.0176. The summed E-state index contributed by atoms with van der Waals surface area (Å²) in [7, 11) is -1.55. The molecular weight excluding hydrogens is 514 g/mol. The summed E-state index contributed by atoms with van der Waals surface area (Å²) < 4.78 is 48.3. The number of amides is 1. The second kappa shape index (κ2) is 13.1. The monoisotopic (exact) mass is 541 g/mol. The number of hydrazone groups is 1. The molecule has 0 aliphatic heterocycles. The number of anilines is 1. The van der Waals surface area contributed by atoms with E-state index in [1.807, 2.05) is 0 Å². The van der Waals surface area contributed by atoms with Crippen molar-refractivity contribution in [3.63, 3.8) is 0 Å². The highest BCUT2D eigenvalue weighted by Crippen LogP contribution is 2.32. The van der Waals surface area contributed by atoms with Crippen molar-refractivity contribution in [3.05, 3.63) is 78.4 Å². The molecule has 3 aromatic carbocycles. The number of methoxy groups -OCH3 is 2. The maximum Gasteiger partial charge on any atom is 0.513 e. The van der Waals surface area contributed by atoms with Gasteiger partial charge in [-0.25, -0.2) is 18.6 Å². The van der Waals surface area contributed by atoms with Gasteiger partial charge in [0, 0.05) is 0 Å². The van der Waals surface area contributed by atoms with Crippen molar-refractivity contribution < 1.29 is 37.0 Å². The third-order valence-electron chi connectivity index (χ3n) is 5.00. The molecule has 0 bridgehead atoms. The maximum absolute atomic E-state index is 13.5. The van der Waals surface area contributed by atoms with E-state index in [1.165, 1.54) is 44.7 Å². The first-order valence-electron chi connectivity index (χ1n) is 11.4. The summed E-state index contributed by atoms with van der Waals surface area (Å²) in [6, 6.07) is 18.9. The smallest absolute Gasteiger partial charge is 0.493 e. The number of carbonyl (C=O) groups is 2. The number of ether oxygens (including phenoxy) is 4. The summed E-state index contributed by atoms with van der Waals surface area (Å²) in [5.74, 6) is -0.00886. The van der Waals surface area contributed by atoms with E-state index in [0.717, 1.165) is 4.31 Å². The van der Waals surface area contributed by atoms with Crippen LogP contribution in [0.25, 0.3) is 0 Å². The van der Waals surface area contributed by atoms with Gasteiger partial charge in [-0.1, -0.05) is 30.3 Å². The topological polar surface area (TPSA) is 133 Å². The molecule has 0 saturated heterocycles. The number of nitrogens with one attached hydrogen (secondary N) is 1. The lowest BCUT2D eigenvalue weighted by atomic mass is 10.2. The van der Waals surface area contributed by atoms with E-state index in [1.54, 1.807) is 55.5 Å². The van der Waals surface area contributed by atoms with Gasteiger partial charge in [0.1, 0.15) is 12.3 Å². The number of sulfonamides is 1. The molecule has 0 unspecified atom stereocenters. The zero-order valence-electron chi connectivity index (χ0n) is 21.0. The summed E-state index contributed by atoms with van der Waals surface area (Å²) >= 11 is 0. The average molecular weight is 542 g/mol. The minimum atomic E-state index is -4.12. The lowest BCUT2D eigenvalue weighted by Gasteiger charge is -2.25. The van der Waals surface area contributed by atoms with Crippen LogP contribution in [-0.2, 0) is 19.6 Å². The third kappa shape index (κ3) is 7.01. The number of hydrogen-bond donors (Lipinski definition) is 1. The summed E-state index contributed by atoms with van der Waals surface area (Å²) in [4.78, 5) is 24.2. The van der Waals surface area contributed by atoms with Gasteiger partial charge in [-0.05, 0) is 55.0 Å². The molecule has 1 N–H and O–H groups in total. The molecule has 0 aliphatic rings. The van der Waals surface area contributed by atoms with Crippen LogP contribution in [0.1, 0.15) is 12.5 Å². The Bertz CT molecular complexity index is 1390. The van der Waals surface area contributed by atoms with Gasteiger partial charge in [-0.15, -0.1) is 0 Å². The SMILES string of the molecule is CCOc1ccccc1N(CC(=O)N/N=C/c1ccc(OC(=O)OC)c(OC)c1)S(=O)(=O)c1ccccc1. The second-order valence-electron chi connectivity index (χ2n) is 7.49. The van der Waals surface area contributed by atoms with Gasteiger partial charge in [-0.3, -0.25) is 9.10 Å². The van der Waals surface area contributed by atoms with Gasteiger partial charge < -0.3 is 18.9 Å². The van der Waals surface area contributed by atoms with Gasteiger partial charge in [0.05, 0.1) is 37.6 Å². The lowest BCUT2D eigenvalue weighted by Crippen LogP contribution is -2.39. The van der Waals surface area contributed by atoms with Crippen LogP contribution in [0.15, 0.2) is 82.8 Å². The van der Waals surface area contributed by atoms with Crippen LogP contribution in [0.3, 0.4) is 0 Å². The first-order chi connectivity index (χ1) is 18.3. The van der Waals surface area contributed by atoms with Gasteiger partial charge >= 0.3 is 6.16 Å². The molecular formula is C26H27N3O8S. The molecule has 3 aromatic rings. The number of nitrogens with zero attached hydrogens (tertiary/aromatic N) is 2. The summed E-state index contributed by atoms with van der Waals surface area (Å²) in [6.45, 7) is 1.52. The molecule has 0 fully saturated rings. The Morgan fingerprint density at radius 3 is 2.34 bits per heavy atom. The van der Waals surface area contributed by atoms with Crippen molar-refractivity contribution in [2.45, 2.75) is 11.8 Å². The largest absolute Gasteiger partial charge is 0.513 e. The average Bonchev–Trinajstić information content (AvgIpc) is 2.93. The Kier molecular flexibility index (Phi) is 9.66. The van der Waals surface area contributed by atoms with Crippen molar-refractivity contribution in [1.29, 1.82) is 0 Å². The number of para-hydroxylation sites is 2. The molecule has 0 saturated carbocycles. The van der Waals surface area contributed by atoms with Crippen molar-refractivity contribution in [2.75, 3.05) is 31.7 Å². The van der Waals surface area contributed by atoms with Crippen molar-refractivity contribution >= 4 is 34.0 Å². The number of rotatable bonds is 11. The lowest BCUT2D eigenvalue weighted by molar-refractivity contribution is -0.119. The number of carbonyl (C=O) groups excluding carboxylic acids is 2. The predicted octanol–water partition coefficient (Wildman–Crippen LogP) is 3.58. The molecule has 200 valence electrons. The molecule has 0 spiro atoms. The van der Waals surface area contributed by atoms with E-state index in [-0.39, 0.29) is 22.1 Å². The van der Waals surface area contributed by atoms with E-state index in [0.29, 0.717) is 17.9 Å². The molecule has 0 atom stereocenters. The molecule has 38 heavy (non-hydrogen) atoms. The zero-order valence-corrected chi connectivity index (χ0v) is 21.8. The van der Waals surface area contributed by atoms with E-state index in [9.17, 15) is 18.0 Å². The van der Waals surface area contributed by atoms with E-state index < -0.39 is 28.6 Å². The highest BCUT2D eigenvalue weighted by Gasteiger charge is 2.29. The standard InChI is InChI=1S/C26H27N3O8S/c1-4-36-22-13-9-8-12-21(22)29(38(32,33)20-10-6-5-7-11-20)18-25(30)28-27-17-19-14-15-23(24(16-19)34-2)37-26(31)35-3/h5-17H,4,18H2,1-3H3,(H,28,30)/b27-17+. The Hall–Kier alpha value is -4.58. The molecule has 12 heteroatoms. The summed E-state index contributed by atoms with van der Waals surface area (Å²) in [5.41, 5.74) is 3.06. The Labute approximate surface area is 220 Å². The van der Waals surface area contributed by atoms with Crippen molar-refractivity contribution in [3.8, 4) is 17.2 Å². The number of benzene rings is 3. The van der Waals surface area contributed by atoms with Gasteiger partial charge in [0.15, 0.2) is 11.5 Å². The van der Waals surface area contributed by atoms with Crippen molar-refractivity contribution in [2.24, 2.45) is 5.10 Å².